The molecule has 12 heteroatoms. The van der Waals surface area contributed by atoms with Crippen molar-refractivity contribution in [1.29, 1.82) is 0 Å². The molecule has 0 fully saturated rings. The normalized spacial score (nSPS) is 19.6. The fourth-order valence-electron chi connectivity index (χ4n) is 8.69. The number of fused-ring (bicyclic) bond motifs is 6. The Hall–Kier alpha value is -4.68. The summed E-state index contributed by atoms with van der Waals surface area (Å²) in [5, 5.41) is 1.88. The van der Waals surface area contributed by atoms with Gasteiger partial charge in [-0.25, -0.2) is 4.99 Å². The summed E-state index contributed by atoms with van der Waals surface area (Å²) in [6, 6.07) is 24.5. The number of aliphatic imine (C=N–C) groups is 2. The summed E-state index contributed by atoms with van der Waals surface area (Å²) in [4.78, 5) is 19.3. The SMILES string of the molecule is CN(C)CCC[N+](C)(C)CCCOc1ccc(C2=c3ccc([nH]3)=Cc3ccc([nH]3)C(Cl)(c3ccc(OCCC[N+](C)(C)CCCN(C)C)cc3)C3(Cl)C=CC(=N3)C=C3C=CC2=N3)cc1. The average molecular weight is 908 g/mol. The number of ether oxygens (including phenoxy) is 2. The van der Waals surface area contributed by atoms with Gasteiger partial charge in [0.25, 0.3) is 0 Å². The second kappa shape index (κ2) is 20.2. The number of nitrogens with zero attached hydrogens (tertiary/aromatic N) is 6. The number of hydrogen-bond acceptors (Lipinski definition) is 6. The Morgan fingerprint density at radius 1 is 0.641 bits per heavy atom. The topological polar surface area (TPSA) is 81.2 Å². The molecule has 7 rings (SSSR count). The number of H-pyrrole nitrogens is 2. The Labute approximate surface area is 390 Å². The van der Waals surface area contributed by atoms with Crippen LogP contribution in [0.25, 0.3) is 11.6 Å². The molecular weight excluding hydrogens is 840 g/mol. The zero-order valence-corrected chi connectivity index (χ0v) is 40.6. The van der Waals surface area contributed by atoms with Gasteiger partial charge in [0.2, 0.25) is 0 Å². The molecule has 4 aromatic rings. The molecule has 8 bridgehead atoms. The van der Waals surface area contributed by atoms with E-state index in [0.717, 1.165) is 123 Å². The number of allylic oxidation sites excluding steroid dienone is 4. The molecule has 0 aliphatic carbocycles. The highest BCUT2D eigenvalue weighted by Gasteiger charge is 2.53. The molecule has 10 nitrogen and oxygen atoms in total. The van der Waals surface area contributed by atoms with Gasteiger partial charge < -0.3 is 38.2 Å². The zero-order valence-electron chi connectivity index (χ0n) is 39.1. The molecule has 340 valence electrons. The molecule has 0 saturated heterocycles. The summed E-state index contributed by atoms with van der Waals surface area (Å²) in [6.45, 7) is 7.93. The number of rotatable bonds is 20. The van der Waals surface area contributed by atoms with Crippen molar-refractivity contribution in [1.82, 2.24) is 19.8 Å². The first kappa shape index (κ1) is 47.3. The van der Waals surface area contributed by atoms with Crippen LogP contribution in [0.15, 0.2) is 119 Å². The molecule has 0 spiro atoms. The van der Waals surface area contributed by atoms with E-state index < -0.39 is 9.87 Å². The van der Waals surface area contributed by atoms with Gasteiger partial charge in [-0.15, -0.1) is 11.6 Å². The number of alkyl halides is 2. The minimum atomic E-state index is -1.35. The van der Waals surface area contributed by atoms with Crippen molar-refractivity contribution in [3.8, 4) is 11.5 Å². The van der Waals surface area contributed by atoms with Crippen molar-refractivity contribution >= 4 is 46.3 Å². The van der Waals surface area contributed by atoms with E-state index in [0.29, 0.717) is 18.9 Å². The van der Waals surface area contributed by atoms with Crippen LogP contribution >= 0.6 is 23.2 Å². The predicted molar refractivity (Wildman–Crippen MR) is 266 cm³/mol. The average Bonchev–Trinajstić information content (AvgIpc) is 4.08. The standard InChI is InChI=1S/C52H68Cl2N8O2/c1-59(2)29-9-31-61(5,6)33-11-35-63-45-20-13-39(14-21-45)50-47-24-17-41(55-47)37-43-19-26-49(57-43)52(54,51(53)28-27-44(58-51)38-42-18-25-48(50)56-42)40-15-22-46(23-16-40)64-36-12-34-62(7,8)32-10-30-60(3)4/h13-28,37-38,55,57H,9-12,29-36H2,1-8H3/q+2. The summed E-state index contributed by atoms with van der Waals surface area (Å²) < 4.78 is 14.4. The van der Waals surface area contributed by atoms with Gasteiger partial charge in [-0.2, -0.15) is 0 Å². The van der Waals surface area contributed by atoms with E-state index in [1.165, 1.54) is 12.8 Å². The highest BCUT2D eigenvalue weighted by Crippen LogP contribution is 2.52. The molecular formula is C52H68Cl2N8O2+2. The molecule has 2 N–H and O–H groups in total. The van der Waals surface area contributed by atoms with E-state index in [1.54, 1.807) is 0 Å². The maximum Gasteiger partial charge on any atom is 0.181 e. The van der Waals surface area contributed by atoms with Crippen molar-refractivity contribution in [3.05, 3.63) is 142 Å². The highest BCUT2D eigenvalue weighted by atomic mass is 35.5. The van der Waals surface area contributed by atoms with Crippen molar-refractivity contribution in [2.45, 2.75) is 35.6 Å². The fourth-order valence-corrected chi connectivity index (χ4v) is 9.40. The van der Waals surface area contributed by atoms with Crippen molar-refractivity contribution in [2.75, 3.05) is 109 Å². The molecule has 0 radical (unpaired) electrons. The van der Waals surface area contributed by atoms with E-state index in [1.807, 2.05) is 60.7 Å². The first-order valence-electron chi connectivity index (χ1n) is 22.7. The quantitative estimate of drug-likeness (QED) is 0.0423. The monoisotopic (exact) mass is 906 g/mol. The number of aromatic nitrogens is 2. The van der Waals surface area contributed by atoms with Crippen LogP contribution in [0, 0.1) is 0 Å². The lowest BCUT2D eigenvalue weighted by molar-refractivity contribution is -0.890. The molecule has 3 aliphatic heterocycles. The van der Waals surface area contributed by atoms with E-state index in [2.05, 4.69) is 125 Å². The Morgan fingerprint density at radius 2 is 1.23 bits per heavy atom. The van der Waals surface area contributed by atoms with Gasteiger partial charge in [-0.1, -0.05) is 35.9 Å². The van der Waals surface area contributed by atoms with Crippen molar-refractivity contribution < 1.29 is 18.4 Å². The Bertz CT molecular complexity index is 2510. The number of quaternary nitrogens is 2. The third-order valence-electron chi connectivity index (χ3n) is 12.3. The minimum Gasteiger partial charge on any atom is -0.493 e. The number of benzene rings is 2. The third-order valence-corrected chi connectivity index (χ3v) is 13.6. The Balaban J connectivity index is 1.11. The van der Waals surface area contributed by atoms with Gasteiger partial charge in [-0.05, 0) is 124 Å². The summed E-state index contributed by atoms with van der Waals surface area (Å²) in [7, 11) is 17.7. The second-order valence-corrected chi connectivity index (χ2v) is 20.5. The van der Waals surface area contributed by atoms with Crippen LogP contribution < -0.4 is 20.2 Å². The lowest BCUT2D eigenvalue weighted by Crippen LogP contribution is -2.42. The van der Waals surface area contributed by atoms with Gasteiger partial charge in [0.15, 0.2) is 9.87 Å². The Morgan fingerprint density at radius 3 is 1.84 bits per heavy atom. The van der Waals surface area contributed by atoms with Crippen LogP contribution in [0.2, 0.25) is 0 Å². The first-order valence-corrected chi connectivity index (χ1v) is 23.4. The van der Waals surface area contributed by atoms with Gasteiger partial charge in [-0.3, -0.25) is 4.99 Å². The maximum absolute atomic E-state index is 7.85. The van der Waals surface area contributed by atoms with Gasteiger partial charge in [0.1, 0.15) is 11.5 Å². The summed E-state index contributed by atoms with van der Waals surface area (Å²) >= 11 is 15.4. The van der Waals surface area contributed by atoms with E-state index in [-0.39, 0.29) is 0 Å². The number of hydrogen-bond donors (Lipinski definition) is 2. The summed E-state index contributed by atoms with van der Waals surface area (Å²) in [6.07, 6.45) is 16.2. The van der Waals surface area contributed by atoms with Crippen LogP contribution in [0.5, 0.6) is 11.5 Å². The maximum atomic E-state index is 7.85. The van der Waals surface area contributed by atoms with Crippen LogP contribution in [0.1, 0.15) is 48.2 Å². The first-order chi connectivity index (χ1) is 30.5. The molecule has 2 unspecified atom stereocenters. The lowest BCUT2D eigenvalue weighted by atomic mass is 9.87. The van der Waals surface area contributed by atoms with E-state index in [4.69, 9.17) is 42.7 Å². The van der Waals surface area contributed by atoms with E-state index >= 15 is 0 Å². The van der Waals surface area contributed by atoms with Crippen LogP contribution in [-0.2, 0) is 4.87 Å². The molecule has 2 atom stereocenters. The van der Waals surface area contributed by atoms with Crippen LogP contribution in [0.3, 0.4) is 0 Å². The van der Waals surface area contributed by atoms with Gasteiger partial charge >= 0.3 is 0 Å². The molecule has 2 aromatic carbocycles. The molecule has 2 aromatic heterocycles. The number of aromatic amines is 2. The lowest BCUT2D eigenvalue weighted by Gasteiger charge is -2.36. The highest BCUT2D eigenvalue weighted by molar-refractivity contribution is 6.38. The largest absolute Gasteiger partial charge is 0.493 e. The van der Waals surface area contributed by atoms with Crippen molar-refractivity contribution in [3.63, 3.8) is 0 Å². The smallest absolute Gasteiger partial charge is 0.181 e. The molecule has 3 aliphatic rings. The van der Waals surface area contributed by atoms with Crippen LogP contribution in [0.4, 0.5) is 0 Å². The van der Waals surface area contributed by atoms with Gasteiger partial charge in [0, 0.05) is 66.4 Å². The van der Waals surface area contributed by atoms with Crippen molar-refractivity contribution in [2.24, 2.45) is 9.98 Å². The van der Waals surface area contributed by atoms with E-state index in [9.17, 15) is 0 Å². The zero-order chi connectivity index (χ0) is 45.5. The summed E-state index contributed by atoms with van der Waals surface area (Å²) in [5.41, 5.74) is 6.69. The minimum absolute atomic E-state index is 0.636. The Kier molecular flexibility index (Phi) is 14.9. The number of halogens is 2. The molecule has 0 amide bonds. The van der Waals surface area contributed by atoms with Gasteiger partial charge in [0.05, 0.1) is 84.7 Å². The molecule has 5 heterocycles. The second-order valence-electron chi connectivity index (χ2n) is 19.3. The predicted octanol–water partition coefficient (Wildman–Crippen LogP) is 7.30. The molecule has 0 saturated carbocycles. The molecule has 64 heavy (non-hydrogen) atoms. The van der Waals surface area contributed by atoms with Crippen LogP contribution in [-0.4, -0.2) is 154 Å². The third kappa shape index (κ3) is 11.8. The number of nitrogens with one attached hydrogen (secondary N) is 2. The summed E-state index contributed by atoms with van der Waals surface area (Å²) in [5.74, 6) is 1.64. The fraction of sp³-hybridized carbons (Fsp3) is 0.423.